The number of hydrogen-bond donors (Lipinski definition) is 0. The molecule has 1 nitrogen and oxygen atoms in total. The Labute approximate surface area is 93.0 Å². The van der Waals surface area contributed by atoms with Crippen LogP contribution in [-0.4, -0.2) is 5.24 Å². The Morgan fingerprint density at radius 3 is 2.43 bits per heavy atom. The van der Waals surface area contributed by atoms with Gasteiger partial charge in [0.05, 0.1) is 5.92 Å². The molecule has 0 aromatic heterocycles. The second-order valence-electron chi connectivity index (χ2n) is 2.82. The Hall–Kier alpha value is -0.970. The Morgan fingerprint density at radius 1 is 1.43 bits per heavy atom. The first-order valence-electron chi connectivity index (χ1n) is 4.03. The lowest BCUT2D eigenvalue weighted by Gasteiger charge is -2.08. The lowest BCUT2D eigenvalue weighted by molar-refractivity contribution is -0.112. The highest BCUT2D eigenvalue weighted by atomic mass is 35.5. The minimum absolute atomic E-state index is 0.309. The summed E-state index contributed by atoms with van der Waals surface area (Å²) in [6.07, 6.45) is 5.46. The van der Waals surface area contributed by atoms with Crippen molar-refractivity contribution in [1.82, 2.24) is 0 Å². The van der Waals surface area contributed by atoms with Gasteiger partial charge in [-0.2, -0.15) is 0 Å². The molecular weight excluding hydrogens is 219 g/mol. The molecule has 0 saturated carbocycles. The zero-order valence-electron chi connectivity index (χ0n) is 7.34. The van der Waals surface area contributed by atoms with E-state index in [4.69, 9.17) is 29.6 Å². The van der Waals surface area contributed by atoms with E-state index in [1.807, 2.05) is 0 Å². The fourth-order valence-electron chi connectivity index (χ4n) is 1.14. The topological polar surface area (TPSA) is 17.1 Å². The van der Waals surface area contributed by atoms with Crippen LogP contribution in [0.15, 0.2) is 24.3 Å². The van der Waals surface area contributed by atoms with Gasteiger partial charge in [-0.15, -0.1) is 12.3 Å². The fraction of sp³-hybridized carbons (Fsp3) is 0.182. The van der Waals surface area contributed by atoms with Gasteiger partial charge in [0.1, 0.15) is 0 Å². The monoisotopic (exact) mass is 226 g/mol. The van der Waals surface area contributed by atoms with Crippen LogP contribution >= 0.6 is 23.2 Å². The van der Waals surface area contributed by atoms with Crippen molar-refractivity contribution in [2.24, 2.45) is 0 Å². The van der Waals surface area contributed by atoms with E-state index < -0.39 is 11.2 Å². The predicted molar refractivity (Wildman–Crippen MR) is 58.5 cm³/mol. The van der Waals surface area contributed by atoms with Gasteiger partial charge in [0.2, 0.25) is 5.24 Å². The molecule has 0 amide bonds. The first-order valence-corrected chi connectivity index (χ1v) is 4.79. The summed E-state index contributed by atoms with van der Waals surface area (Å²) in [5.41, 5.74) is 0.798. The zero-order chi connectivity index (χ0) is 10.6. The summed E-state index contributed by atoms with van der Waals surface area (Å²) in [4.78, 5) is 11.1. The maximum Gasteiger partial charge on any atom is 0.230 e. The molecule has 1 rings (SSSR count). The highest BCUT2D eigenvalue weighted by Crippen LogP contribution is 2.23. The van der Waals surface area contributed by atoms with Crippen LogP contribution in [0.1, 0.15) is 17.9 Å². The summed E-state index contributed by atoms with van der Waals surface area (Å²) in [5, 5.41) is 0.181. The van der Waals surface area contributed by atoms with Crippen molar-refractivity contribution in [1.29, 1.82) is 0 Å². The SMILES string of the molecule is C#CCC(C(=O)Cl)c1ccc(Cl)cc1. The molecule has 0 spiro atoms. The molecule has 14 heavy (non-hydrogen) atoms. The van der Waals surface area contributed by atoms with Gasteiger partial charge in [-0.1, -0.05) is 23.7 Å². The molecule has 0 aliphatic carbocycles. The van der Waals surface area contributed by atoms with Crippen molar-refractivity contribution >= 4 is 28.4 Å². The van der Waals surface area contributed by atoms with Crippen molar-refractivity contribution in [3.8, 4) is 12.3 Å². The number of terminal acetylenes is 1. The van der Waals surface area contributed by atoms with Crippen molar-refractivity contribution in [3.63, 3.8) is 0 Å². The average molecular weight is 227 g/mol. The average Bonchev–Trinajstić information content (AvgIpc) is 2.15. The molecule has 0 heterocycles. The van der Waals surface area contributed by atoms with E-state index in [0.29, 0.717) is 11.4 Å². The predicted octanol–water partition coefficient (Wildman–Crippen LogP) is 3.21. The number of benzene rings is 1. The molecule has 1 atom stereocenters. The summed E-state index contributed by atoms with van der Waals surface area (Å²) < 4.78 is 0. The van der Waals surface area contributed by atoms with Crippen LogP contribution in [0.3, 0.4) is 0 Å². The third kappa shape index (κ3) is 2.77. The molecule has 0 N–H and O–H groups in total. The number of hydrogen-bond acceptors (Lipinski definition) is 1. The maximum atomic E-state index is 11.1. The Bertz CT molecular complexity index is 362. The number of carbonyl (C=O) groups excluding carboxylic acids is 1. The largest absolute Gasteiger partial charge is 0.281 e. The number of carbonyl (C=O) groups is 1. The quantitative estimate of drug-likeness (QED) is 0.572. The van der Waals surface area contributed by atoms with Gasteiger partial charge in [0.15, 0.2) is 0 Å². The highest BCUT2D eigenvalue weighted by molar-refractivity contribution is 6.64. The highest BCUT2D eigenvalue weighted by Gasteiger charge is 2.16. The van der Waals surface area contributed by atoms with Crippen LogP contribution in [0.25, 0.3) is 0 Å². The van der Waals surface area contributed by atoms with Crippen LogP contribution in [0.2, 0.25) is 5.02 Å². The van der Waals surface area contributed by atoms with Crippen LogP contribution in [0.5, 0.6) is 0 Å². The lowest BCUT2D eigenvalue weighted by Crippen LogP contribution is -2.05. The summed E-state index contributed by atoms with van der Waals surface area (Å²) >= 11 is 11.1. The lowest BCUT2D eigenvalue weighted by atomic mass is 9.98. The van der Waals surface area contributed by atoms with Gasteiger partial charge in [-0.05, 0) is 29.3 Å². The van der Waals surface area contributed by atoms with Crippen LogP contribution in [-0.2, 0) is 4.79 Å². The minimum Gasteiger partial charge on any atom is -0.281 e. The maximum absolute atomic E-state index is 11.1. The Morgan fingerprint density at radius 2 is 2.00 bits per heavy atom. The Balaban J connectivity index is 2.95. The third-order valence-electron chi connectivity index (χ3n) is 1.87. The summed E-state index contributed by atoms with van der Waals surface area (Å²) in [6, 6.07) is 6.93. The molecule has 1 aromatic rings. The van der Waals surface area contributed by atoms with Gasteiger partial charge >= 0.3 is 0 Å². The normalized spacial score (nSPS) is 11.8. The van der Waals surface area contributed by atoms with Gasteiger partial charge < -0.3 is 0 Å². The van der Waals surface area contributed by atoms with Gasteiger partial charge in [0.25, 0.3) is 0 Å². The summed E-state index contributed by atoms with van der Waals surface area (Å²) in [5.74, 6) is 1.99. The molecule has 0 aliphatic rings. The molecule has 1 aromatic carbocycles. The van der Waals surface area contributed by atoms with Crippen LogP contribution in [0, 0.1) is 12.3 Å². The van der Waals surface area contributed by atoms with Gasteiger partial charge in [-0.25, -0.2) is 0 Å². The first-order chi connectivity index (χ1) is 6.65. The molecule has 1 unspecified atom stereocenters. The standard InChI is InChI=1S/C11H8Cl2O/c1-2-3-10(11(13)14)8-4-6-9(12)7-5-8/h1,4-7,10H,3H2. The molecule has 72 valence electrons. The van der Waals surface area contributed by atoms with Crippen molar-refractivity contribution in [2.45, 2.75) is 12.3 Å². The van der Waals surface area contributed by atoms with E-state index in [1.165, 1.54) is 0 Å². The molecule has 0 radical (unpaired) electrons. The second-order valence-corrected chi connectivity index (χ2v) is 3.63. The van der Waals surface area contributed by atoms with Crippen molar-refractivity contribution < 1.29 is 4.79 Å². The van der Waals surface area contributed by atoms with E-state index in [9.17, 15) is 4.79 Å². The zero-order valence-corrected chi connectivity index (χ0v) is 8.85. The Kier molecular flexibility index (Phi) is 4.00. The summed E-state index contributed by atoms with van der Waals surface area (Å²) in [6.45, 7) is 0. The minimum atomic E-state index is -0.440. The van der Waals surface area contributed by atoms with E-state index in [-0.39, 0.29) is 0 Å². The van der Waals surface area contributed by atoms with E-state index in [2.05, 4.69) is 5.92 Å². The second kappa shape index (κ2) is 5.05. The van der Waals surface area contributed by atoms with Crippen LogP contribution < -0.4 is 0 Å². The fourth-order valence-corrected chi connectivity index (χ4v) is 1.47. The van der Waals surface area contributed by atoms with E-state index >= 15 is 0 Å². The van der Waals surface area contributed by atoms with Crippen molar-refractivity contribution in [2.75, 3.05) is 0 Å². The molecule has 0 fully saturated rings. The molecule has 0 aliphatic heterocycles. The first kappa shape index (κ1) is 11.1. The smallest absolute Gasteiger partial charge is 0.230 e. The van der Waals surface area contributed by atoms with Gasteiger partial charge in [0, 0.05) is 11.4 Å². The summed E-state index contributed by atoms with van der Waals surface area (Å²) in [7, 11) is 0. The molecule has 0 bridgehead atoms. The third-order valence-corrected chi connectivity index (χ3v) is 2.38. The van der Waals surface area contributed by atoms with E-state index in [1.54, 1.807) is 24.3 Å². The molecule has 3 heteroatoms. The molecule has 0 saturated heterocycles. The van der Waals surface area contributed by atoms with E-state index in [0.717, 1.165) is 5.56 Å². The number of rotatable bonds is 3. The van der Waals surface area contributed by atoms with Gasteiger partial charge in [-0.3, -0.25) is 4.79 Å². The van der Waals surface area contributed by atoms with Crippen LogP contribution in [0.4, 0.5) is 0 Å². The number of halogens is 2. The molecular formula is C11H8Cl2O. The van der Waals surface area contributed by atoms with Crippen molar-refractivity contribution in [3.05, 3.63) is 34.9 Å².